The molecular formula is C22H22Cl2N6O3. The molecule has 2 rings (SSSR count). The van der Waals surface area contributed by atoms with E-state index in [0.29, 0.717) is 28.2 Å². The molecule has 0 saturated carbocycles. The van der Waals surface area contributed by atoms with Crippen molar-refractivity contribution in [1.29, 1.82) is 5.26 Å². The van der Waals surface area contributed by atoms with Crippen LogP contribution in [0.3, 0.4) is 0 Å². The van der Waals surface area contributed by atoms with Crippen LogP contribution in [0.2, 0.25) is 10.0 Å². The van der Waals surface area contributed by atoms with Crippen LogP contribution in [-0.2, 0) is 9.59 Å². The van der Waals surface area contributed by atoms with Gasteiger partial charge in [0.25, 0.3) is 5.91 Å². The van der Waals surface area contributed by atoms with Gasteiger partial charge in [-0.3, -0.25) is 14.6 Å². The molecule has 33 heavy (non-hydrogen) atoms. The van der Waals surface area contributed by atoms with Crippen molar-refractivity contribution in [1.82, 2.24) is 5.32 Å². The molecule has 0 bridgehead atoms. The fraction of sp³-hybridized carbons (Fsp3) is 0.182. The highest BCUT2D eigenvalue weighted by molar-refractivity contribution is 6.32. The van der Waals surface area contributed by atoms with Gasteiger partial charge in [-0.15, -0.1) is 0 Å². The number of nitrogens with one attached hydrogen (secondary N) is 2. The van der Waals surface area contributed by atoms with Gasteiger partial charge in [-0.25, -0.2) is 0 Å². The lowest BCUT2D eigenvalue weighted by Crippen LogP contribution is -2.34. The summed E-state index contributed by atoms with van der Waals surface area (Å²) in [5.41, 5.74) is 13.2. The number of nitrogens with two attached hydrogens (primary N) is 2. The highest BCUT2D eigenvalue weighted by Crippen LogP contribution is 2.21. The summed E-state index contributed by atoms with van der Waals surface area (Å²) in [5, 5.41) is 25.0. The van der Waals surface area contributed by atoms with Gasteiger partial charge in [0.15, 0.2) is 0 Å². The lowest BCUT2D eigenvalue weighted by molar-refractivity contribution is -0.114. The Balaban J connectivity index is 2.39. The number of aliphatic hydroxyl groups is 1. The second-order valence-electron chi connectivity index (χ2n) is 6.76. The Morgan fingerprint density at radius 1 is 1.24 bits per heavy atom. The van der Waals surface area contributed by atoms with Crippen molar-refractivity contribution < 1.29 is 14.7 Å². The molecule has 2 amide bonds. The zero-order valence-corrected chi connectivity index (χ0v) is 18.9. The molecule has 9 nitrogen and oxygen atoms in total. The van der Waals surface area contributed by atoms with Crippen LogP contribution in [0.1, 0.15) is 11.1 Å². The van der Waals surface area contributed by atoms with Gasteiger partial charge < -0.3 is 27.2 Å². The maximum Gasteiger partial charge on any atom is 0.252 e. The van der Waals surface area contributed by atoms with Crippen LogP contribution in [0.5, 0.6) is 0 Å². The molecule has 0 saturated heterocycles. The summed E-state index contributed by atoms with van der Waals surface area (Å²) >= 11 is 12.1. The van der Waals surface area contributed by atoms with E-state index in [2.05, 4.69) is 15.6 Å². The van der Waals surface area contributed by atoms with Crippen LogP contribution in [0, 0.1) is 11.3 Å². The number of primary amides is 1. The van der Waals surface area contributed by atoms with Crippen molar-refractivity contribution in [2.45, 2.75) is 6.04 Å². The Hall–Kier alpha value is -3.58. The maximum atomic E-state index is 12.3. The number of carbonyl (C=O) groups is 2. The Kier molecular flexibility index (Phi) is 9.69. The first-order valence-electron chi connectivity index (χ1n) is 9.64. The molecule has 0 heterocycles. The number of rotatable bonds is 11. The minimum absolute atomic E-state index is 0.0278. The van der Waals surface area contributed by atoms with E-state index in [4.69, 9.17) is 39.9 Å². The quantitative estimate of drug-likeness (QED) is 0.183. The van der Waals surface area contributed by atoms with Gasteiger partial charge in [-0.05, 0) is 35.9 Å². The van der Waals surface area contributed by atoms with Crippen molar-refractivity contribution in [3.05, 3.63) is 69.2 Å². The SMILES string of the molecule is N#Cc1ccc(NCC(CO)N=C(CNC=O)C(C(N)=O)=C(N)c2cccc(Cl)c2)cc1Cl. The van der Waals surface area contributed by atoms with Gasteiger partial charge >= 0.3 is 0 Å². The van der Waals surface area contributed by atoms with Crippen molar-refractivity contribution in [3.63, 3.8) is 0 Å². The largest absolute Gasteiger partial charge is 0.398 e. The number of aliphatic hydroxyl groups excluding tert-OH is 1. The average molecular weight is 489 g/mol. The molecule has 0 radical (unpaired) electrons. The Labute approximate surface area is 200 Å². The van der Waals surface area contributed by atoms with Crippen molar-refractivity contribution in [2.75, 3.05) is 25.0 Å². The normalized spacial score (nSPS) is 12.8. The Morgan fingerprint density at radius 3 is 2.58 bits per heavy atom. The number of anilines is 1. The molecule has 1 unspecified atom stereocenters. The minimum Gasteiger partial charge on any atom is -0.398 e. The number of hydrogen-bond donors (Lipinski definition) is 5. The highest BCUT2D eigenvalue weighted by atomic mass is 35.5. The predicted octanol–water partition coefficient (Wildman–Crippen LogP) is 1.68. The maximum absolute atomic E-state index is 12.3. The second-order valence-corrected chi connectivity index (χ2v) is 7.61. The molecule has 0 aliphatic heterocycles. The van der Waals surface area contributed by atoms with E-state index >= 15 is 0 Å². The first kappa shape index (κ1) is 25.7. The van der Waals surface area contributed by atoms with Gasteiger partial charge in [0.2, 0.25) is 6.41 Å². The number of nitrogens with zero attached hydrogens (tertiary/aromatic N) is 2. The topological polar surface area (TPSA) is 167 Å². The Bertz CT molecular complexity index is 1130. The highest BCUT2D eigenvalue weighted by Gasteiger charge is 2.20. The predicted molar refractivity (Wildman–Crippen MR) is 129 cm³/mol. The van der Waals surface area contributed by atoms with Crippen LogP contribution < -0.4 is 22.1 Å². The summed E-state index contributed by atoms with van der Waals surface area (Å²) in [7, 11) is 0. The van der Waals surface area contributed by atoms with E-state index < -0.39 is 11.9 Å². The molecule has 2 aromatic carbocycles. The van der Waals surface area contributed by atoms with Crippen LogP contribution in [-0.4, -0.2) is 48.9 Å². The summed E-state index contributed by atoms with van der Waals surface area (Å²) in [5.74, 6) is -0.859. The van der Waals surface area contributed by atoms with Crippen LogP contribution in [0.25, 0.3) is 5.70 Å². The van der Waals surface area contributed by atoms with Gasteiger partial charge in [-0.2, -0.15) is 5.26 Å². The minimum atomic E-state index is -0.859. The lowest BCUT2D eigenvalue weighted by atomic mass is 10.0. The van der Waals surface area contributed by atoms with Gasteiger partial charge in [0, 0.05) is 17.3 Å². The Morgan fingerprint density at radius 2 is 2.00 bits per heavy atom. The van der Waals surface area contributed by atoms with Gasteiger partial charge in [0.05, 0.1) is 46.8 Å². The molecule has 172 valence electrons. The molecule has 0 spiro atoms. The summed E-state index contributed by atoms with van der Waals surface area (Å²) in [4.78, 5) is 27.6. The average Bonchev–Trinajstić information content (AvgIpc) is 2.79. The summed E-state index contributed by atoms with van der Waals surface area (Å²) < 4.78 is 0. The van der Waals surface area contributed by atoms with Gasteiger partial charge in [-0.1, -0.05) is 35.3 Å². The van der Waals surface area contributed by atoms with Crippen LogP contribution in [0.15, 0.2) is 53.0 Å². The smallest absolute Gasteiger partial charge is 0.252 e. The van der Waals surface area contributed by atoms with Crippen molar-refractivity contribution in [2.24, 2.45) is 16.5 Å². The molecule has 7 N–H and O–H groups in total. The number of benzene rings is 2. The first-order valence-corrected chi connectivity index (χ1v) is 10.4. The van der Waals surface area contributed by atoms with Crippen molar-refractivity contribution >= 4 is 52.6 Å². The third-order valence-electron chi connectivity index (χ3n) is 4.47. The fourth-order valence-corrected chi connectivity index (χ4v) is 3.30. The zero-order valence-electron chi connectivity index (χ0n) is 17.4. The molecule has 0 aliphatic carbocycles. The summed E-state index contributed by atoms with van der Waals surface area (Å²) in [6.07, 6.45) is 0.439. The molecule has 0 aliphatic rings. The zero-order chi connectivity index (χ0) is 24.4. The lowest BCUT2D eigenvalue weighted by Gasteiger charge is -2.17. The number of aliphatic imine (C=N–C) groups is 1. The molecule has 1 atom stereocenters. The molecule has 11 heteroatoms. The third-order valence-corrected chi connectivity index (χ3v) is 5.02. The number of nitriles is 1. The van der Waals surface area contributed by atoms with E-state index in [0.717, 1.165) is 0 Å². The molecular weight excluding hydrogens is 467 g/mol. The van der Waals surface area contributed by atoms with E-state index in [9.17, 15) is 14.7 Å². The standard InChI is InChI=1S/C22H22Cl2N6O3/c23-15-3-1-2-13(6-15)21(26)20(22(27)33)19(10-28-12-32)30-17(11-31)9-29-16-5-4-14(8-25)18(24)7-16/h1-7,12,17,29,31H,9-11,26H2,(H2,27,33)(H,28,32). The van der Waals surface area contributed by atoms with E-state index in [1.165, 1.54) is 0 Å². The summed E-state index contributed by atoms with van der Waals surface area (Å²) in [6, 6.07) is 12.5. The molecule has 0 fully saturated rings. The fourth-order valence-electron chi connectivity index (χ4n) is 2.89. The first-order chi connectivity index (χ1) is 15.8. The van der Waals surface area contributed by atoms with E-state index in [1.54, 1.807) is 42.5 Å². The molecule has 0 aromatic heterocycles. The van der Waals surface area contributed by atoms with Crippen molar-refractivity contribution in [3.8, 4) is 6.07 Å². The van der Waals surface area contributed by atoms with E-state index in [-0.39, 0.29) is 41.7 Å². The number of carbonyl (C=O) groups excluding carboxylic acids is 2. The number of amides is 2. The van der Waals surface area contributed by atoms with E-state index in [1.807, 2.05) is 6.07 Å². The van der Waals surface area contributed by atoms with Gasteiger partial charge in [0.1, 0.15) is 6.07 Å². The number of halogens is 2. The second kappa shape index (κ2) is 12.5. The molecule has 2 aromatic rings. The number of hydrogen-bond acceptors (Lipinski definition) is 7. The summed E-state index contributed by atoms with van der Waals surface area (Å²) in [6.45, 7) is -0.390. The van der Waals surface area contributed by atoms with Crippen LogP contribution >= 0.6 is 23.2 Å². The van der Waals surface area contributed by atoms with Crippen LogP contribution in [0.4, 0.5) is 5.69 Å². The third kappa shape index (κ3) is 7.22. The monoisotopic (exact) mass is 488 g/mol.